The third-order valence-electron chi connectivity index (χ3n) is 2.33. The Morgan fingerprint density at radius 3 is 2.88 bits per heavy atom. The number of H-pyrrole nitrogens is 1. The lowest BCUT2D eigenvalue weighted by atomic mass is 10.1. The summed E-state index contributed by atoms with van der Waals surface area (Å²) in [7, 11) is 0. The van der Waals surface area contributed by atoms with Crippen molar-refractivity contribution in [3.63, 3.8) is 0 Å². The molecule has 0 fully saturated rings. The van der Waals surface area contributed by atoms with E-state index in [2.05, 4.69) is 24.0 Å². The number of halogens is 1. The standard InChI is InChI=1S/C13H15FN2O/c1-9(2)8-17-11-3-4-13(14)12(5-11)10-6-15-16-7-10/h3-7,9H,8H2,1-2H3,(H,15,16). The highest BCUT2D eigenvalue weighted by molar-refractivity contribution is 5.64. The van der Waals surface area contributed by atoms with Crippen molar-refractivity contribution in [2.75, 3.05) is 6.61 Å². The second-order valence-corrected chi connectivity index (χ2v) is 4.33. The molecule has 90 valence electrons. The molecule has 0 radical (unpaired) electrons. The molecule has 0 unspecified atom stereocenters. The van der Waals surface area contributed by atoms with Crippen molar-refractivity contribution in [1.29, 1.82) is 0 Å². The Morgan fingerprint density at radius 2 is 2.24 bits per heavy atom. The zero-order chi connectivity index (χ0) is 12.3. The predicted molar refractivity (Wildman–Crippen MR) is 64.3 cm³/mol. The van der Waals surface area contributed by atoms with Crippen LogP contribution in [0, 0.1) is 11.7 Å². The smallest absolute Gasteiger partial charge is 0.131 e. The Kier molecular flexibility index (Phi) is 3.42. The van der Waals surface area contributed by atoms with Gasteiger partial charge in [-0.25, -0.2) is 4.39 Å². The number of rotatable bonds is 4. The molecule has 0 spiro atoms. The molecule has 0 aliphatic carbocycles. The maximum absolute atomic E-state index is 13.6. The van der Waals surface area contributed by atoms with Gasteiger partial charge in [-0.2, -0.15) is 5.10 Å². The predicted octanol–water partition coefficient (Wildman–Crippen LogP) is 3.25. The molecular weight excluding hydrogens is 219 g/mol. The number of nitrogens with one attached hydrogen (secondary N) is 1. The number of ether oxygens (including phenoxy) is 1. The van der Waals surface area contributed by atoms with Gasteiger partial charge in [0.1, 0.15) is 11.6 Å². The van der Waals surface area contributed by atoms with Crippen LogP contribution in [0.1, 0.15) is 13.8 Å². The second-order valence-electron chi connectivity index (χ2n) is 4.33. The highest BCUT2D eigenvalue weighted by Crippen LogP contribution is 2.26. The van der Waals surface area contributed by atoms with Crippen molar-refractivity contribution < 1.29 is 9.13 Å². The monoisotopic (exact) mass is 234 g/mol. The van der Waals surface area contributed by atoms with Gasteiger partial charge in [0.25, 0.3) is 0 Å². The first-order valence-electron chi connectivity index (χ1n) is 5.58. The van der Waals surface area contributed by atoms with Gasteiger partial charge < -0.3 is 4.74 Å². The van der Waals surface area contributed by atoms with Gasteiger partial charge in [-0.1, -0.05) is 13.8 Å². The molecule has 0 amide bonds. The summed E-state index contributed by atoms with van der Waals surface area (Å²) in [6.45, 7) is 4.76. The summed E-state index contributed by atoms with van der Waals surface area (Å²) in [5.74, 6) is 0.844. The zero-order valence-corrected chi connectivity index (χ0v) is 9.90. The Labute approximate surface area is 99.6 Å². The minimum Gasteiger partial charge on any atom is -0.493 e. The lowest BCUT2D eigenvalue weighted by molar-refractivity contribution is 0.271. The minimum atomic E-state index is -0.275. The molecule has 0 atom stereocenters. The molecule has 2 aromatic rings. The maximum atomic E-state index is 13.6. The molecule has 0 aliphatic heterocycles. The quantitative estimate of drug-likeness (QED) is 0.881. The van der Waals surface area contributed by atoms with Crippen molar-refractivity contribution in [3.8, 4) is 16.9 Å². The number of aromatic amines is 1. The lowest BCUT2D eigenvalue weighted by Gasteiger charge is -2.10. The van der Waals surface area contributed by atoms with Crippen molar-refractivity contribution in [3.05, 3.63) is 36.4 Å². The van der Waals surface area contributed by atoms with Crippen LogP contribution >= 0.6 is 0 Å². The number of benzene rings is 1. The van der Waals surface area contributed by atoms with Crippen LogP contribution in [0.25, 0.3) is 11.1 Å². The summed E-state index contributed by atoms with van der Waals surface area (Å²) in [6, 6.07) is 4.75. The second kappa shape index (κ2) is 4.99. The van der Waals surface area contributed by atoms with Gasteiger partial charge >= 0.3 is 0 Å². The van der Waals surface area contributed by atoms with E-state index in [4.69, 9.17) is 4.74 Å². The molecule has 4 heteroatoms. The largest absolute Gasteiger partial charge is 0.493 e. The highest BCUT2D eigenvalue weighted by Gasteiger charge is 2.08. The molecule has 0 bridgehead atoms. The average Bonchev–Trinajstić information content (AvgIpc) is 2.81. The first-order valence-corrected chi connectivity index (χ1v) is 5.58. The molecule has 0 aliphatic rings. The van der Waals surface area contributed by atoms with Gasteiger partial charge in [0, 0.05) is 17.3 Å². The molecule has 17 heavy (non-hydrogen) atoms. The van der Waals surface area contributed by atoms with Gasteiger partial charge in [0.2, 0.25) is 0 Å². The summed E-state index contributed by atoms with van der Waals surface area (Å²) in [5.41, 5.74) is 1.22. The first-order chi connectivity index (χ1) is 8.16. The molecular formula is C13H15FN2O. The molecule has 0 saturated heterocycles. The molecule has 3 nitrogen and oxygen atoms in total. The van der Waals surface area contributed by atoms with E-state index in [1.807, 2.05) is 0 Å². The van der Waals surface area contributed by atoms with Gasteiger partial charge in [-0.15, -0.1) is 0 Å². The number of hydrogen-bond donors (Lipinski definition) is 1. The van der Waals surface area contributed by atoms with Crippen LogP contribution in [0.2, 0.25) is 0 Å². The molecule has 1 N–H and O–H groups in total. The Morgan fingerprint density at radius 1 is 1.41 bits per heavy atom. The zero-order valence-electron chi connectivity index (χ0n) is 9.90. The molecule has 1 heterocycles. The van der Waals surface area contributed by atoms with Crippen LogP contribution in [-0.2, 0) is 0 Å². The van der Waals surface area contributed by atoms with Crippen molar-refractivity contribution in [2.45, 2.75) is 13.8 Å². The summed E-state index contributed by atoms with van der Waals surface area (Å²) >= 11 is 0. The van der Waals surface area contributed by atoms with E-state index < -0.39 is 0 Å². The Balaban J connectivity index is 2.24. The minimum absolute atomic E-state index is 0.275. The SMILES string of the molecule is CC(C)COc1ccc(F)c(-c2cn[nH]c2)c1. The molecule has 2 rings (SSSR count). The van der Waals surface area contributed by atoms with Crippen LogP contribution in [0.15, 0.2) is 30.6 Å². The normalized spacial score (nSPS) is 10.8. The summed E-state index contributed by atoms with van der Waals surface area (Å²) in [4.78, 5) is 0. The van der Waals surface area contributed by atoms with Crippen molar-refractivity contribution in [2.24, 2.45) is 5.92 Å². The fraction of sp³-hybridized carbons (Fsp3) is 0.308. The number of aromatic nitrogens is 2. The van der Waals surface area contributed by atoms with Crippen molar-refractivity contribution in [1.82, 2.24) is 10.2 Å². The molecule has 0 saturated carbocycles. The van der Waals surface area contributed by atoms with Gasteiger partial charge in [-0.05, 0) is 24.1 Å². The van der Waals surface area contributed by atoms with E-state index in [-0.39, 0.29) is 5.82 Å². The van der Waals surface area contributed by atoms with Crippen LogP contribution in [0.4, 0.5) is 4.39 Å². The number of hydrogen-bond acceptors (Lipinski definition) is 2. The molecule has 1 aromatic heterocycles. The van der Waals surface area contributed by atoms with Crippen LogP contribution in [0.5, 0.6) is 5.75 Å². The summed E-state index contributed by atoms with van der Waals surface area (Å²) in [6.07, 6.45) is 3.25. The first kappa shape index (κ1) is 11.6. The number of nitrogens with zero attached hydrogens (tertiary/aromatic N) is 1. The van der Waals surface area contributed by atoms with Crippen molar-refractivity contribution >= 4 is 0 Å². The fourth-order valence-corrected chi connectivity index (χ4v) is 1.48. The van der Waals surface area contributed by atoms with E-state index >= 15 is 0 Å². The Hall–Kier alpha value is -1.84. The average molecular weight is 234 g/mol. The highest BCUT2D eigenvalue weighted by atomic mass is 19.1. The van der Waals surface area contributed by atoms with E-state index in [0.29, 0.717) is 23.8 Å². The van der Waals surface area contributed by atoms with Gasteiger partial charge in [-0.3, -0.25) is 5.10 Å². The van der Waals surface area contributed by atoms with E-state index in [1.165, 1.54) is 6.07 Å². The van der Waals surface area contributed by atoms with E-state index in [0.717, 1.165) is 5.56 Å². The van der Waals surface area contributed by atoms with E-state index in [9.17, 15) is 4.39 Å². The van der Waals surface area contributed by atoms with Gasteiger partial charge in [0.05, 0.1) is 12.8 Å². The van der Waals surface area contributed by atoms with Crippen LogP contribution < -0.4 is 4.74 Å². The maximum Gasteiger partial charge on any atom is 0.131 e. The Bertz CT molecular complexity index is 480. The van der Waals surface area contributed by atoms with E-state index in [1.54, 1.807) is 24.5 Å². The molecule has 1 aromatic carbocycles. The van der Waals surface area contributed by atoms with Gasteiger partial charge in [0.15, 0.2) is 0 Å². The summed E-state index contributed by atoms with van der Waals surface area (Å²) < 4.78 is 19.2. The summed E-state index contributed by atoms with van der Waals surface area (Å²) in [5, 5.41) is 6.48. The third-order valence-corrected chi connectivity index (χ3v) is 2.33. The lowest BCUT2D eigenvalue weighted by Crippen LogP contribution is -2.04. The third kappa shape index (κ3) is 2.84. The van der Waals surface area contributed by atoms with Crippen LogP contribution in [0.3, 0.4) is 0 Å². The fourth-order valence-electron chi connectivity index (χ4n) is 1.48. The topological polar surface area (TPSA) is 37.9 Å². The van der Waals surface area contributed by atoms with Crippen LogP contribution in [-0.4, -0.2) is 16.8 Å².